The third kappa shape index (κ3) is 3.80. The van der Waals surface area contributed by atoms with Crippen molar-refractivity contribution in [1.82, 2.24) is 4.98 Å². The Hall–Kier alpha value is -2.43. The van der Waals surface area contributed by atoms with Crippen molar-refractivity contribution < 1.29 is 9.16 Å². The second-order valence-corrected chi connectivity index (χ2v) is 14.4. The number of methoxy groups -OCH3 is 1. The van der Waals surface area contributed by atoms with Gasteiger partial charge in [0.1, 0.15) is 5.75 Å². The summed E-state index contributed by atoms with van der Waals surface area (Å²) in [5.74, 6) is 0.953. The lowest BCUT2D eigenvalue weighted by Gasteiger charge is -2.35. The Morgan fingerprint density at radius 1 is 0.969 bits per heavy atom. The lowest BCUT2D eigenvalue weighted by molar-refractivity contribution is 0.299. The second kappa shape index (κ2) is 8.84. The number of hydrogen-bond acceptors (Lipinski definition) is 3. The third-order valence-electron chi connectivity index (χ3n) is 6.92. The lowest BCUT2D eigenvalue weighted by atomic mass is 10.0. The van der Waals surface area contributed by atoms with Crippen LogP contribution in [0.1, 0.15) is 55.6 Å². The van der Waals surface area contributed by atoms with Gasteiger partial charge >= 0.3 is 0 Å². The SMILES string of the molecule is COc1c(C)cc(-c2cc3c(c(Cc4ccccc4)n2)[Si](C(C)C)(C(C)C)OC3)cc1C. The summed E-state index contributed by atoms with van der Waals surface area (Å²) in [4.78, 5) is 5.32. The van der Waals surface area contributed by atoms with Crippen LogP contribution in [0.2, 0.25) is 11.1 Å². The van der Waals surface area contributed by atoms with Gasteiger partial charge < -0.3 is 9.16 Å². The van der Waals surface area contributed by atoms with E-state index >= 15 is 0 Å². The maximum Gasteiger partial charge on any atom is 0.231 e. The molecule has 3 nitrogen and oxygen atoms in total. The van der Waals surface area contributed by atoms with E-state index in [2.05, 4.69) is 90.1 Å². The van der Waals surface area contributed by atoms with Crippen LogP contribution >= 0.6 is 0 Å². The van der Waals surface area contributed by atoms with Crippen molar-refractivity contribution in [1.29, 1.82) is 0 Å². The Morgan fingerprint density at radius 2 is 1.59 bits per heavy atom. The first-order valence-corrected chi connectivity index (χ1v) is 13.7. The van der Waals surface area contributed by atoms with Gasteiger partial charge in [0.2, 0.25) is 8.32 Å². The van der Waals surface area contributed by atoms with Crippen LogP contribution in [0.15, 0.2) is 48.5 Å². The number of hydrogen-bond donors (Lipinski definition) is 0. The Bertz CT molecular complexity index is 1090. The molecule has 0 N–H and O–H groups in total. The van der Waals surface area contributed by atoms with E-state index in [0.29, 0.717) is 17.7 Å². The molecular weight excluding hydrogens is 410 g/mol. The lowest BCUT2D eigenvalue weighted by Crippen LogP contribution is -2.54. The van der Waals surface area contributed by atoms with E-state index < -0.39 is 8.32 Å². The molecule has 1 aliphatic heterocycles. The molecule has 2 aromatic carbocycles. The number of fused-ring (bicyclic) bond motifs is 1. The number of rotatable bonds is 6. The number of ether oxygens (including phenoxy) is 1. The first-order chi connectivity index (χ1) is 15.3. The van der Waals surface area contributed by atoms with E-state index in [0.717, 1.165) is 34.6 Å². The summed E-state index contributed by atoms with van der Waals surface area (Å²) in [6.45, 7) is 14.2. The molecule has 1 aromatic heterocycles. The normalized spacial score (nSPS) is 14.8. The first kappa shape index (κ1) is 22.7. The molecule has 3 aromatic rings. The van der Waals surface area contributed by atoms with E-state index in [9.17, 15) is 0 Å². The number of aromatic nitrogens is 1. The third-order valence-corrected chi connectivity index (χ3v) is 12.4. The highest BCUT2D eigenvalue weighted by Crippen LogP contribution is 2.40. The minimum Gasteiger partial charge on any atom is -0.496 e. The molecule has 0 fully saturated rings. The van der Waals surface area contributed by atoms with Crippen LogP contribution in [0.3, 0.4) is 0 Å². The predicted octanol–water partition coefficient (Wildman–Crippen LogP) is 6.47. The molecule has 0 atom stereocenters. The number of benzene rings is 2. The van der Waals surface area contributed by atoms with Gasteiger partial charge in [-0.15, -0.1) is 0 Å². The van der Waals surface area contributed by atoms with Crippen LogP contribution in [0.25, 0.3) is 11.3 Å². The molecule has 0 radical (unpaired) electrons. The molecular formula is C28H35NO2Si. The van der Waals surface area contributed by atoms with Crippen LogP contribution in [0.4, 0.5) is 0 Å². The van der Waals surface area contributed by atoms with Gasteiger partial charge in [0.05, 0.1) is 19.4 Å². The average Bonchev–Trinajstić information content (AvgIpc) is 3.15. The highest BCUT2D eigenvalue weighted by atomic mass is 28.4. The van der Waals surface area contributed by atoms with E-state index in [1.54, 1.807) is 7.11 Å². The molecule has 0 unspecified atom stereocenters. The van der Waals surface area contributed by atoms with Crippen LogP contribution in [-0.4, -0.2) is 20.4 Å². The maximum atomic E-state index is 6.77. The van der Waals surface area contributed by atoms with Crippen molar-refractivity contribution in [3.05, 3.63) is 76.5 Å². The second-order valence-electron chi connectivity index (χ2n) is 9.69. The van der Waals surface area contributed by atoms with Crippen molar-refractivity contribution in [2.24, 2.45) is 0 Å². The maximum absolute atomic E-state index is 6.77. The quantitative estimate of drug-likeness (QED) is 0.408. The van der Waals surface area contributed by atoms with Gasteiger partial charge in [0.25, 0.3) is 0 Å². The highest BCUT2D eigenvalue weighted by Gasteiger charge is 2.50. The Kier molecular flexibility index (Phi) is 6.28. The molecule has 168 valence electrons. The minimum atomic E-state index is -2.15. The smallest absolute Gasteiger partial charge is 0.231 e. The van der Waals surface area contributed by atoms with E-state index in [4.69, 9.17) is 14.1 Å². The summed E-state index contributed by atoms with van der Waals surface area (Å²) in [5, 5.41) is 1.44. The molecule has 32 heavy (non-hydrogen) atoms. The summed E-state index contributed by atoms with van der Waals surface area (Å²) in [6.07, 6.45) is 0.836. The van der Waals surface area contributed by atoms with Crippen molar-refractivity contribution in [2.45, 2.75) is 65.7 Å². The molecule has 4 rings (SSSR count). The molecule has 0 amide bonds. The molecule has 0 spiro atoms. The molecule has 0 saturated heterocycles. The predicted molar refractivity (Wildman–Crippen MR) is 135 cm³/mol. The largest absolute Gasteiger partial charge is 0.496 e. The standard InChI is InChI=1S/C28H35NO2Si/c1-18(2)32(19(3)4)28-24(17-31-32)16-25(23-13-20(5)27(30-7)21(6)14-23)29-26(28)15-22-11-9-8-10-12-22/h8-14,16,18-19H,15,17H2,1-7H3. The summed E-state index contributed by atoms with van der Waals surface area (Å²) in [5.41, 5.74) is 9.27. The van der Waals surface area contributed by atoms with E-state index in [1.165, 1.54) is 22.0 Å². The van der Waals surface area contributed by atoms with E-state index in [-0.39, 0.29) is 0 Å². The van der Waals surface area contributed by atoms with Gasteiger partial charge in [-0.3, -0.25) is 4.98 Å². The first-order valence-electron chi connectivity index (χ1n) is 11.6. The van der Waals surface area contributed by atoms with Crippen molar-refractivity contribution in [3.63, 3.8) is 0 Å². The van der Waals surface area contributed by atoms with Gasteiger partial charge in [-0.05, 0) is 70.6 Å². The summed E-state index contributed by atoms with van der Waals surface area (Å²) >= 11 is 0. The summed E-state index contributed by atoms with van der Waals surface area (Å²) < 4.78 is 12.4. The summed E-state index contributed by atoms with van der Waals surface area (Å²) in [7, 11) is -0.413. The zero-order valence-electron chi connectivity index (χ0n) is 20.5. The van der Waals surface area contributed by atoms with Gasteiger partial charge in [-0.25, -0.2) is 0 Å². The molecule has 4 heteroatoms. The topological polar surface area (TPSA) is 31.4 Å². The zero-order valence-corrected chi connectivity index (χ0v) is 21.5. The molecule has 0 saturated carbocycles. The van der Waals surface area contributed by atoms with Crippen LogP contribution in [0.5, 0.6) is 5.75 Å². The van der Waals surface area contributed by atoms with Gasteiger partial charge in [-0.1, -0.05) is 58.0 Å². The Balaban J connectivity index is 1.93. The monoisotopic (exact) mass is 445 g/mol. The molecule has 2 heterocycles. The van der Waals surface area contributed by atoms with Crippen LogP contribution in [-0.2, 0) is 17.5 Å². The fourth-order valence-corrected chi connectivity index (χ4v) is 10.5. The van der Waals surface area contributed by atoms with Crippen LogP contribution in [0, 0.1) is 13.8 Å². The van der Waals surface area contributed by atoms with Gasteiger partial charge in [0, 0.05) is 17.7 Å². The fraction of sp³-hybridized carbons (Fsp3) is 0.393. The summed E-state index contributed by atoms with van der Waals surface area (Å²) in [6, 6.07) is 17.4. The number of aryl methyl sites for hydroxylation is 2. The Labute approximate surface area is 194 Å². The van der Waals surface area contributed by atoms with Crippen LogP contribution < -0.4 is 9.92 Å². The molecule has 1 aliphatic rings. The fourth-order valence-electron chi connectivity index (χ4n) is 5.58. The van der Waals surface area contributed by atoms with Crippen molar-refractivity contribution in [3.8, 4) is 17.0 Å². The van der Waals surface area contributed by atoms with Gasteiger partial charge in [0.15, 0.2) is 0 Å². The van der Waals surface area contributed by atoms with Gasteiger partial charge in [-0.2, -0.15) is 0 Å². The van der Waals surface area contributed by atoms with Crippen molar-refractivity contribution in [2.75, 3.05) is 7.11 Å². The van der Waals surface area contributed by atoms with Crippen molar-refractivity contribution >= 4 is 13.5 Å². The number of pyridine rings is 1. The Morgan fingerprint density at radius 3 is 2.16 bits per heavy atom. The zero-order chi connectivity index (χ0) is 23.0. The number of nitrogens with zero attached hydrogens (tertiary/aromatic N) is 1. The minimum absolute atomic E-state index is 0.497. The molecule has 0 bridgehead atoms. The van der Waals surface area contributed by atoms with E-state index in [1.807, 2.05) is 0 Å². The molecule has 0 aliphatic carbocycles. The highest BCUT2D eigenvalue weighted by molar-refractivity contribution is 6.90. The average molecular weight is 446 g/mol.